The maximum atomic E-state index is 14.7. The van der Waals surface area contributed by atoms with Gasteiger partial charge in [-0.05, 0) is 87.8 Å². The fourth-order valence-electron chi connectivity index (χ4n) is 8.35. The molecule has 9 rings (SSSR count). The number of carbonyl (C=O) groups excluding carboxylic acids is 3. The first-order valence-corrected chi connectivity index (χ1v) is 19.1. The van der Waals surface area contributed by atoms with Gasteiger partial charge in [0.2, 0.25) is 0 Å². The van der Waals surface area contributed by atoms with Gasteiger partial charge in [0.15, 0.2) is 0 Å². The molecule has 3 heterocycles. The Labute approximate surface area is 328 Å². The standard InChI is InChI=1S/C46H35Cl2N3O4/c47-40-17-15-28(23-41(40)48)27-55-42-18-16-31-13-7-8-14-33(31)36(42)26-39-44(52)49-46(54)51(45(39)53)32-24-37-34(29-9-3-1-4-10-29)19-21-50-22-20-35(38(25-32)43(37)50)30-11-5-2-6-12-30/h1-18,23-26,34-35H,19-22,27H2,(H,49,52,54)/b39-26+/t34-,35+. The zero-order valence-corrected chi connectivity index (χ0v) is 31.2. The number of hydrogen-bond acceptors (Lipinski definition) is 5. The number of ether oxygens (including phenoxy) is 1. The molecule has 0 radical (unpaired) electrons. The van der Waals surface area contributed by atoms with Crippen LogP contribution in [0.15, 0.2) is 133 Å². The summed E-state index contributed by atoms with van der Waals surface area (Å²) in [6, 6.07) is 40.6. The number of carbonyl (C=O) groups is 3. The molecule has 0 unspecified atom stereocenters. The minimum absolute atomic E-state index is 0.0613. The van der Waals surface area contributed by atoms with Crippen molar-refractivity contribution in [3.05, 3.63) is 176 Å². The van der Waals surface area contributed by atoms with Gasteiger partial charge in [-0.25, -0.2) is 9.69 Å². The van der Waals surface area contributed by atoms with Crippen molar-refractivity contribution in [3.63, 3.8) is 0 Å². The number of nitrogens with one attached hydrogen (secondary N) is 1. The van der Waals surface area contributed by atoms with Crippen molar-refractivity contribution < 1.29 is 19.1 Å². The first kappa shape index (κ1) is 34.9. The second-order valence-electron chi connectivity index (χ2n) is 14.2. The van der Waals surface area contributed by atoms with Crippen LogP contribution in [0.25, 0.3) is 16.8 Å². The van der Waals surface area contributed by atoms with Gasteiger partial charge < -0.3 is 9.64 Å². The van der Waals surface area contributed by atoms with Gasteiger partial charge in [0.25, 0.3) is 11.8 Å². The highest BCUT2D eigenvalue weighted by atomic mass is 35.5. The molecule has 1 N–H and O–H groups in total. The predicted molar refractivity (Wildman–Crippen MR) is 218 cm³/mol. The SMILES string of the molecule is O=C1NC(=O)N(c2cc3c4c(c2)[C@H](c2ccccc2)CCN4CC[C@@H]3c2ccccc2)C(=O)/C1=C/c1c(OCc2ccc(Cl)c(Cl)c2)ccc2ccccc12. The number of amides is 4. The highest BCUT2D eigenvalue weighted by molar-refractivity contribution is 6.42. The Kier molecular flexibility index (Phi) is 9.12. The van der Waals surface area contributed by atoms with Crippen LogP contribution in [0.1, 0.15) is 58.1 Å². The second-order valence-corrected chi connectivity index (χ2v) is 15.0. The maximum Gasteiger partial charge on any atom is 0.335 e. The highest BCUT2D eigenvalue weighted by Crippen LogP contribution is 2.50. The van der Waals surface area contributed by atoms with Gasteiger partial charge in [0, 0.05) is 36.2 Å². The molecule has 9 heteroatoms. The van der Waals surface area contributed by atoms with Crippen LogP contribution in [0.5, 0.6) is 5.75 Å². The summed E-state index contributed by atoms with van der Waals surface area (Å²) in [5, 5.41) is 4.99. The molecule has 2 atom stereocenters. The molecule has 0 aromatic heterocycles. The molecule has 55 heavy (non-hydrogen) atoms. The first-order chi connectivity index (χ1) is 26.8. The Balaban J connectivity index is 1.16. The summed E-state index contributed by atoms with van der Waals surface area (Å²) in [7, 11) is 0. The smallest absolute Gasteiger partial charge is 0.335 e. The van der Waals surface area contributed by atoms with E-state index in [0.29, 0.717) is 27.0 Å². The van der Waals surface area contributed by atoms with E-state index in [2.05, 4.69) is 34.5 Å². The maximum absolute atomic E-state index is 14.7. The fourth-order valence-corrected chi connectivity index (χ4v) is 8.67. The average Bonchev–Trinajstić information content (AvgIpc) is 3.21. The lowest BCUT2D eigenvalue weighted by Crippen LogP contribution is -2.54. The lowest BCUT2D eigenvalue weighted by atomic mass is 9.76. The summed E-state index contributed by atoms with van der Waals surface area (Å²) in [6.07, 6.45) is 3.32. The van der Waals surface area contributed by atoms with Gasteiger partial charge in [-0.2, -0.15) is 0 Å². The number of barbiturate groups is 1. The van der Waals surface area contributed by atoms with Crippen molar-refractivity contribution >= 4 is 69.3 Å². The molecule has 6 aromatic rings. The van der Waals surface area contributed by atoms with Crippen molar-refractivity contribution in [3.8, 4) is 5.75 Å². The zero-order chi connectivity index (χ0) is 37.6. The number of anilines is 2. The molecule has 1 fully saturated rings. The summed E-state index contributed by atoms with van der Waals surface area (Å²) in [6.45, 7) is 1.98. The molecule has 0 saturated carbocycles. The number of rotatable bonds is 7. The van der Waals surface area contributed by atoms with Gasteiger partial charge in [0.05, 0.1) is 15.7 Å². The number of urea groups is 1. The molecule has 0 spiro atoms. The zero-order valence-electron chi connectivity index (χ0n) is 29.7. The van der Waals surface area contributed by atoms with Crippen molar-refractivity contribution in [2.45, 2.75) is 31.3 Å². The monoisotopic (exact) mass is 763 g/mol. The number of halogens is 2. The van der Waals surface area contributed by atoms with E-state index in [1.165, 1.54) is 22.9 Å². The van der Waals surface area contributed by atoms with Gasteiger partial charge in [-0.15, -0.1) is 0 Å². The second kappa shape index (κ2) is 14.4. The molecule has 0 bridgehead atoms. The third-order valence-electron chi connectivity index (χ3n) is 11.0. The summed E-state index contributed by atoms with van der Waals surface area (Å²) in [5.74, 6) is -0.905. The molecule has 6 aromatic carbocycles. The molecule has 3 aliphatic rings. The Hall–Kier alpha value is -5.89. The number of fused-ring (bicyclic) bond motifs is 1. The van der Waals surface area contributed by atoms with Gasteiger partial charge >= 0.3 is 6.03 Å². The quantitative estimate of drug-likeness (QED) is 0.129. The van der Waals surface area contributed by atoms with Gasteiger partial charge in [0.1, 0.15) is 17.9 Å². The van der Waals surface area contributed by atoms with Crippen LogP contribution in [0.2, 0.25) is 10.0 Å². The summed E-state index contributed by atoms with van der Waals surface area (Å²) in [5.41, 5.74) is 7.24. The number of hydrogen-bond donors (Lipinski definition) is 1. The molecule has 3 aliphatic heterocycles. The largest absolute Gasteiger partial charge is 0.488 e. The number of benzene rings is 6. The van der Waals surface area contributed by atoms with Crippen LogP contribution in [0, 0.1) is 0 Å². The Morgan fingerprint density at radius 2 is 1.35 bits per heavy atom. The van der Waals surface area contributed by atoms with Crippen LogP contribution in [-0.4, -0.2) is 30.9 Å². The normalized spacial score (nSPS) is 18.7. The summed E-state index contributed by atoms with van der Waals surface area (Å²) in [4.78, 5) is 45.7. The van der Waals surface area contributed by atoms with E-state index >= 15 is 0 Å². The predicted octanol–water partition coefficient (Wildman–Crippen LogP) is 10.3. The fraction of sp³-hybridized carbons (Fsp3) is 0.152. The van der Waals surface area contributed by atoms with Crippen molar-refractivity contribution in [1.82, 2.24) is 5.32 Å². The van der Waals surface area contributed by atoms with E-state index in [1.54, 1.807) is 12.1 Å². The molecule has 0 aliphatic carbocycles. The van der Waals surface area contributed by atoms with Gasteiger partial charge in [-0.3, -0.25) is 14.9 Å². The minimum atomic E-state index is -0.788. The van der Waals surface area contributed by atoms with Crippen LogP contribution in [0.4, 0.5) is 16.2 Å². The third kappa shape index (κ3) is 6.43. The average molecular weight is 765 g/mol. The van der Waals surface area contributed by atoms with Gasteiger partial charge in [-0.1, -0.05) is 120 Å². The van der Waals surface area contributed by atoms with Crippen LogP contribution >= 0.6 is 23.2 Å². The van der Waals surface area contributed by atoms with Crippen molar-refractivity contribution in [2.24, 2.45) is 0 Å². The number of imide groups is 2. The Morgan fingerprint density at radius 3 is 2.00 bits per heavy atom. The number of nitrogens with zero attached hydrogens (tertiary/aromatic N) is 2. The molecule has 7 nitrogen and oxygen atoms in total. The van der Waals surface area contributed by atoms with E-state index in [4.69, 9.17) is 27.9 Å². The van der Waals surface area contributed by atoms with Crippen LogP contribution < -0.4 is 19.9 Å². The first-order valence-electron chi connectivity index (χ1n) is 18.4. The molecular weight excluding hydrogens is 729 g/mol. The topological polar surface area (TPSA) is 79.0 Å². The van der Waals surface area contributed by atoms with E-state index < -0.39 is 17.8 Å². The lowest BCUT2D eigenvalue weighted by Gasteiger charge is -2.44. The third-order valence-corrected chi connectivity index (χ3v) is 11.7. The molecule has 1 saturated heterocycles. The molecular formula is C46H35Cl2N3O4. The van der Waals surface area contributed by atoms with E-state index in [0.717, 1.165) is 58.3 Å². The van der Waals surface area contributed by atoms with Crippen LogP contribution in [-0.2, 0) is 16.2 Å². The van der Waals surface area contributed by atoms with E-state index in [1.807, 2.05) is 91.0 Å². The highest BCUT2D eigenvalue weighted by Gasteiger charge is 2.41. The van der Waals surface area contributed by atoms with E-state index in [-0.39, 0.29) is 24.0 Å². The Bertz CT molecular complexity index is 2470. The van der Waals surface area contributed by atoms with E-state index in [9.17, 15) is 14.4 Å². The molecule has 272 valence electrons. The Morgan fingerprint density at radius 1 is 0.709 bits per heavy atom. The minimum Gasteiger partial charge on any atom is -0.488 e. The summed E-state index contributed by atoms with van der Waals surface area (Å²) >= 11 is 12.4. The summed E-state index contributed by atoms with van der Waals surface area (Å²) < 4.78 is 6.31. The molecule has 4 amide bonds. The van der Waals surface area contributed by atoms with Crippen molar-refractivity contribution in [2.75, 3.05) is 22.9 Å². The van der Waals surface area contributed by atoms with Crippen LogP contribution in [0.3, 0.4) is 0 Å². The van der Waals surface area contributed by atoms with Crippen molar-refractivity contribution in [1.29, 1.82) is 0 Å². The lowest BCUT2D eigenvalue weighted by molar-refractivity contribution is -0.122.